The Morgan fingerprint density at radius 3 is 2.67 bits per heavy atom. The first-order valence-electron chi connectivity index (χ1n) is 9.97. The fourth-order valence-electron chi connectivity index (χ4n) is 3.43. The Kier molecular flexibility index (Phi) is 7.84. The molecule has 1 aliphatic heterocycles. The number of nitrogens with zero attached hydrogens (tertiary/aromatic N) is 2. The van der Waals surface area contributed by atoms with Crippen LogP contribution in [-0.2, 0) is 11.3 Å². The first-order valence-corrected chi connectivity index (χ1v) is 9.97. The molecule has 1 atom stereocenters. The fourth-order valence-corrected chi connectivity index (χ4v) is 3.43. The Balaban J connectivity index is 1.51. The molecule has 0 saturated carbocycles. The number of hydrogen-bond donors (Lipinski definition) is 2. The highest BCUT2D eigenvalue weighted by Gasteiger charge is 2.27. The smallest absolute Gasteiger partial charge is 0.191 e. The first-order chi connectivity index (χ1) is 14.6. The summed E-state index contributed by atoms with van der Waals surface area (Å²) in [4.78, 5) is 6.00. The van der Waals surface area contributed by atoms with E-state index in [2.05, 4.69) is 15.6 Å². The van der Waals surface area contributed by atoms with E-state index < -0.39 is 11.6 Å². The number of nitrogens with one attached hydrogen (secondary N) is 2. The zero-order valence-electron chi connectivity index (χ0n) is 17.3. The van der Waals surface area contributed by atoms with Crippen molar-refractivity contribution in [3.63, 3.8) is 0 Å². The van der Waals surface area contributed by atoms with E-state index in [0.717, 1.165) is 17.7 Å². The SMILES string of the molecule is CN=C(NCc1cccc(OCCOC)c1)NC1CCN(c2c(F)cccc2F)C1. The zero-order chi connectivity index (χ0) is 21.3. The van der Waals surface area contributed by atoms with Crippen molar-refractivity contribution in [2.75, 3.05) is 45.4 Å². The van der Waals surface area contributed by atoms with Crippen LogP contribution in [0.4, 0.5) is 14.5 Å². The fraction of sp³-hybridized carbons (Fsp3) is 0.409. The highest BCUT2D eigenvalue weighted by Crippen LogP contribution is 2.26. The summed E-state index contributed by atoms with van der Waals surface area (Å²) in [6, 6.07) is 11.8. The number of hydrogen-bond acceptors (Lipinski definition) is 4. The number of ether oxygens (including phenoxy) is 2. The molecule has 1 saturated heterocycles. The second kappa shape index (κ2) is 10.8. The minimum atomic E-state index is -0.536. The van der Waals surface area contributed by atoms with Crippen LogP contribution in [0.5, 0.6) is 5.75 Å². The highest BCUT2D eigenvalue weighted by molar-refractivity contribution is 5.80. The quantitative estimate of drug-likeness (QED) is 0.392. The molecule has 2 aromatic rings. The van der Waals surface area contributed by atoms with Crippen LogP contribution in [0.1, 0.15) is 12.0 Å². The number of halogens is 2. The van der Waals surface area contributed by atoms with Gasteiger partial charge < -0.3 is 25.0 Å². The van der Waals surface area contributed by atoms with Gasteiger partial charge in [-0.25, -0.2) is 8.78 Å². The van der Waals surface area contributed by atoms with Gasteiger partial charge in [-0.1, -0.05) is 18.2 Å². The molecule has 30 heavy (non-hydrogen) atoms. The van der Waals surface area contributed by atoms with Crippen molar-refractivity contribution in [3.8, 4) is 5.75 Å². The maximum absolute atomic E-state index is 14.0. The molecule has 1 fully saturated rings. The number of aliphatic imine (C=N–C) groups is 1. The summed E-state index contributed by atoms with van der Waals surface area (Å²) >= 11 is 0. The molecule has 0 spiro atoms. The van der Waals surface area contributed by atoms with Crippen molar-refractivity contribution in [1.82, 2.24) is 10.6 Å². The lowest BCUT2D eigenvalue weighted by atomic mass is 10.2. The summed E-state index contributed by atoms with van der Waals surface area (Å²) in [6.45, 7) is 2.68. The van der Waals surface area contributed by atoms with Crippen LogP contribution in [0.3, 0.4) is 0 Å². The molecular weight excluding hydrogens is 390 g/mol. The van der Waals surface area contributed by atoms with Gasteiger partial charge >= 0.3 is 0 Å². The molecule has 6 nitrogen and oxygen atoms in total. The van der Waals surface area contributed by atoms with Gasteiger partial charge in [-0.2, -0.15) is 0 Å². The summed E-state index contributed by atoms with van der Waals surface area (Å²) in [5, 5.41) is 6.61. The number of guanidine groups is 1. The van der Waals surface area contributed by atoms with E-state index in [-0.39, 0.29) is 11.7 Å². The van der Waals surface area contributed by atoms with Crippen molar-refractivity contribution in [3.05, 3.63) is 59.7 Å². The van der Waals surface area contributed by atoms with Gasteiger partial charge in [-0.3, -0.25) is 4.99 Å². The summed E-state index contributed by atoms with van der Waals surface area (Å²) in [5.41, 5.74) is 1.09. The predicted octanol–water partition coefficient (Wildman–Crippen LogP) is 2.93. The molecule has 0 bridgehead atoms. The van der Waals surface area contributed by atoms with Gasteiger partial charge in [0.25, 0.3) is 0 Å². The van der Waals surface area contributed by atoms with Crippen LogP contribution in [0.15, 0.2) is 47.5 Å². The van der Waals surface area contributed by atoms with Crippen molar-refractivity contribution in [2.45, 2.75) is 19.0 Å². The van der Waals surface area contributed by atoms with E-state index in [4.69, 9.17) is 9.47 Å². The second-order valence-corrected chi connectivity index (χ2v) is 7.06. The monoisotopic (exact) mass is 418 g/mol. The van der Waals surface area contributed by atoms with Crippen molar-refractivity contribution >= 4 is 11.6 Å². The van der Waals surface area contributed by atoms with Crippen LogP contribution in [-0.4, -0.2) is 52.5 Å². The normalized spacial score (nSPS) is 16.6. The third kappa shape index (κ3) is 5.82. The number of rotatable bonds is 8. The summed E-state index contributed by atoms with van der Waals surface area (Å²) in [5.74, 6) is 0.353. The second-order valence-electron chi connectivity index (χ2n) is 7.06. The minimum Gasteiger partial charge on any atom is -0.491 e. The van der Waals surface area contributed by atoms with Gasteiger partial charge in [0.1, 0.15) is 29.7 Å². The first kappa shape index (κ1) is 21.8. The molecule has 0 radical (unpaired) electrons. The molecule has 1 unspecified atom stereocenters. The van der Waals surface area contributed by atoms with E-state index in [1.807, 2.05) is 24.3 Å². The standard InChI is InChI=1S/C22H28F2N4O2/c1-25-22(26-14-16-5-3-6-18(13-16)30-12-11-29-2)27-17-9-10-28(15-17)21-19(23)7-4-8-20(21)24/h3-8,13,17H,9-12,14-15H2,1-2H3,(H2,25,26,27). The number of benzene rings is 2. The predicted molar refractivity (Wildman–Crippen MR) is 114 cm³/mol. The Morgan fingerprint density at radius 2 is 1.93 bits per heavy atom. The Morgan fingerprint density at radius 1 is 1.17 bits per heavy atom. The molecule has 8 heteroatoms. The lowest BCUT2D eigenvalue weighted by Gasteiger charge is -2.21. The maximum atomic E-state index is 14.0. The van der Waals surface area contributed by atoms with E-state index in [0.29, 0.717) is 38.8 Å². The largest absolute Gasteiger partial charge is 0.491 e. The van der Waals surface area contributed by atoms with E-state index in [9.17, 15) is 8.78 Å². The molecule has 162 valence electrons. The van der Waals surface area contributed by atoms with Gasteiger partial charge in [0, 0.05) is 39.8 Å². The summed E-state index contributed by atoms with van der Waals surface area (Å²) in [7, 11) is 3.33. The topological polar surface area (TPSA) is 58.1 Å². The van der Waals surface area contributed by atoms with Crippen LogP contribution >= 0.6 is 0 Å². The van der Waals surface area contributed by atoms with Crippen LogP contribution < -0.4 is 20.3 Å². The molecule has 0 aliphatic carbocycles. The molecule has 2 aromatic carbocycles. The zero-order valence-corrected chi connectivity index (χ0v) is 17.3. The Hall–Kier alpha value is -2.87. The molecule has 0 amide bonds. The molecule has 1 heterocycles. The van der Waals surface area contributed by atoms with Crippen LogP contribution in [0, 0.1) is 11.6 Å². The van der Waals surface area contributed by atoms with Gasteiger partial charge in [0.15, 0.2) is 5.96 Å². The summed E-state index contributed by atoms with van der Waals surface area (Å²) in [6.07, 6.45) is 0.761. The third-order valence-corrected chi connectivity index (χ3v) is 4.92. The van der Waals surface area contributed by atoms with Gasteiger partial charge in [-0.15, -0.1) is 0 Å². The Labute approximate surface area is 175 Å². The van der Waals surface area contributed by atoms with E-state index >= 15 is 0 Å². The molecule has 3 rings (SSSR count). The number of methoxy groups -OCH3 is 1. The highest BCUT2D eigenvalue weighted by atomic mass is 19.1. The third-order valence-electron chi connectivity index (χ3n) is 4.92. The molecule has 2 N–H and O–H groups in total. The van der Waals surface area contributed by atoms with Gasteiger partial charge in [-0.05, 0) is 36.2 Å². The van der Waals surface area contributed by atoms with Crippen LogP contribution in [0.25, 0.3) is 0 Å². The van der Waals surface area contributed by atoms with Crippen molar-refractivity contribution < 1.29 is 18.3 Å². The lowest BCUT2D eigenvalue weighted by molar-refractivity contribution is 0.146. The van der Waals surface area contributed by atoms with E-state index in [1.54, 1.807) is 19.1 Å². The molecule has 1 aliphatic rings. The maximum Gasteiger partial charge on any atom is 0.191 e. The number of anilines is 1. The average molecular weight is 418 g/mol. The lowest BCUT2D eigenvalue weighted by Crippen LogP contribution is -2.44. The van der Waals surface area contributed by atoms with Crippen LogP contribution in [0.2, 0.25) is 0 Å². The molecular formula is C22H28F2N4O2. The number of para-hydroxylation sites is 1. The molecule has 0 aromatic heterocycles. The Bertz CT molecular complexity index is 843. The summed E-state index contributed by atoms with van der Waals surface area (Å²) < 4.78 is 38.7. The van der Waals surface area contributed by atoms with E-state index in [1.165, 1.54) is 18.2 Å². The minimum absolute atomic E-state index is 0.0371. The van der Waals surface area contributed by atoms with Crippen molar-refractivity contribution in [1.29, 1.82) is 0 Å². The average Bonchev–Trinajstić information content (AvgIpc) is 3.19. The van der Waals surface area contributed by atoms with Gasteiger partial charge in [0.05, 0.1) is 6.61 Å². The van der Waals surface area contributed by atoms with Gasteiger partial charge in [0.2, 0.25) is 0 Å². The van der Waals surface area contributed by atoms with Crippen molar-refractivity contribution in [2.24, 2.45) is 4.99 Å².